The first kappa shape index (κ1) is 30.7. The Bertz CT molecular complexity index is 1020. The minimum atomic E-state index is -0.301. The summed E-state index contributed by atoms with van der Waals surface area (Å²) in [7, 11) is 1.73. The normalized spacial score (nSPS) is 14.3. The predicted molar refractivity (Wildman–Crippen MR) is 158 cm³/mol. The average Bonchev–Trinajstić information content (AvgIpc) is 2.92. The lowest BCUT2D eigenvalue weighted by Crippen LogP contribution is -2.11. The molecule has 0 heterocycles. The molecule has 0 aliphatic rings. The fourth-order valence-corrected chi connectivity index (χ4v) is 5.83. The Morgan fingerprint density at radius 3 is 1.97 bits per heavy atom. The van der Waals surface area contributed by atoms with Crippen molar-refractivity contribution in [2.75, 3.05) is 7.11 Å². The van der Waals surface area contributed by atoms with Crippen LogP contribution in [0.15, 0.2) is 42.2 Å². The number of hydrogen-bond acceptors (Lipinski definition) is 3. The van der Waals surface area contributed by atoms with Gasteiger partial charge in [-0.1, -0.05) is 91.1 Å². The van der Waals surface area contributed by atoms with Gasteiger partial charge in [0.05, 0.1) is 7.11 Å². The smallest absolute Gasteiger partial charge is 0.227 e. The molecule has 2 aromatic carbocycles. The van der Waals surface area contributed by atoms with E-state index in [9.17, 15) is 9.90 Å². The van der Waals surface area contributed by atoms with E-state index in [4.69, 9.17) is 4.74 Å². The van der Waals surface area contributed by atoms with Gasteiger partial charge in [0.15, 0.2) is 5.76 Å². The van der Waals surface area contributed by atoms with Gasteiger partial charge in [0.1, 0.15) is 5.75 Å². The van der Waals surface area contributed by atoms with Crippen LogP contribution in [0.1, 0.15) is 150 Å². The number of aliphatic hydroxyl groups excluding tert-OH is 1. The van der Waals surface area contributed by atoms with Crippen molar-refractivity contribution >= 4 is 11.9 Å². The fourth-order valence-electron chi connectivity index (χ4n) is 5.83. The molecule has 3 heteroatoms. The summed E-state index contributed by atoms with van der Waals surface area (Å²) in [6.07, 6.45) is 11.1. The molecule has 0 amide bonds. The summed E-state index contributed by atoms with van der Waals surface area (Å²) in [5.74, 6) is 1.40. The third-order valence-corrected chi connectivity index (χ3v) is 7.86. The largest absolute Gasteiger partial charge is 0.504 e. The van der Waals surface area contributed by atoms with E-state index in [1.807, 2.05) is 24.3 Å². The van der Waals surface area contributed by atoms with Gasteiger partial charge in [-0.2, -0.15) is 0 Å². The Balaban J connectivity index is 2.69. The van der Waals surface area contributed by atoms with Gasteiger partial charge in [-0.15, -0.1) is 0 Å². The molecule has 0 fully saturated rings. The lowest BCUT2D eigenvalue weighted by atomic mass is 9.83. The number of rotatable bonds is 16. The van der Waals surface area contributed by atoms with E-state index in [2.05, 4.69) is 53.7 Å². The Labute approximate surface area is 226 Å². The number of carbonyl (C=O) groups excluding carboxylic acids is 1. The van der Waals surface area contributed by atoms with Crippen LogP contribution in [0, 0.1) is 0 Å². The first-order valence-electron chi connectivity index (χ1n) is 14.7. The van der Waals surface area contributed by atoms with Crippen molar-refractivity contribution < 1.29 is 14.6 Å². The van der Waals surface area contributed by atoms with Crippen molar-refractivity contribution in [1.29, 1.82) is 0 Å². The summed E-state index contributed by atoms with van der Waals surface area (Å²) >= 11 is 0. The van der Waals surface area contributed by atoms with Crippen molar-refractivity contribution in [3.05, 3.63) is 70.0 Å². The molecule has 3 unspecified atom stereocenters. The Kier molecular flexibility index (Phi) is 13.0. The lowest BCUT2D eigenvalue weighted by Gasteiger charge is -2.24. The van der Waals surface area contributed by atoms with Gasteiger partial charge >= 0.3 is 0 Å². The SMILES string of the molecule is CCCC(CC)c1cc(/C=C(\O)C(=O)c2ccccc2C(CC)CCC)c(C(CC)CCC)c(OC)c1. The summed E-state index contributed by atoms with van der Waals surface area (Å²) in [6, 6.07) is 12.2. The second-order valence-electron chi connectivity index (χ2n) is 10.4. The highest BCUT2D eigenvalue weighted by Crippen LogP contribution is 2.40. The van der Waals surface area contributed by atoms with Crippen molar-refractivity contribution in [3.63, 3.8) is 0 Å². The summed E-state index contributed by atoms with van der Waals surface area (Å²) < 4.78 is 5.95. The van der Waals surface area contributed by atoms with Crippen LogP contribution in [-0.4, -0.2) is 18.0 Å². The number of Topliss-reactive ketones (excluding diaryl/α,β-unsaturated/α-hetero) is 1. The van der Waals surface area contributed by atoms with E-state index in [-0.39, 0.29) is 11.5 Å². The number of allylic oxidation sites excluding steroid dienone is 1. The maximum atomic E-state index is 13.7. The average molecular weight is 507 g/mol. The summed E-state index contributed by atoms with van der Waals surface area (Å²) in [4.78, 5) is 13.7. The number of hydrogen-bond donors (Lipinski definition) is 1. The van der Waals surface area contributed by atoms with E-state index in [0.29, 0.717) is 23.3 Å². The zero-order chi connectivity index (χ0) is 27.4. The van der Waals surface area contributed by atoms with Crippen LogP contribution >= 0.6 is 0 Å². The molecule has 0 radical (unpaired) electrons. The van der Waals surface area contributed by atoms with Gasteiger partial charge < -0.3 is 9.84 Å². The van der Waals surface area contributed by atoms with Gasteiger partial charge in [0, 0.05) is 11.1 Å². The Hall–Kier alpha value is -2.55. The molecule has 2 aromatic rings. The molecular formula is C34H50O3. The minimum absolute atomic E-state index is 0.200. The highest BCUT2D eigenvalue weighted by Gasteiger charge is 2.24. The molecule has 3 nitrogen and oxygen atoms in total. The number of methoxy groups -OCH3 is 1. The van der Waals surface area contributed by atoms with E-state index in [1.54, 1.807) is 13.2 Å². The van der Waals surface area contributed by atoms with Gasteiger partial charge in [-0.25, -0.2) is 0 Å². The number of ketones is 1. The molecule has 1 N–H and O–H groups in total. The van der Waals surface area contributed by atoms with Gasteiger partial charge in [-0.3, -0.25) is 4.79 Å². The molecular weight excluding hydrogens is 456 g/mol. The highest BCUT2D eigenvalue weighted by molar-refractivity contribution is 6.10. The zero-order valence-corrected chi connectivity index (χ0v) is 24.4. The van der Waals surface area contributed by atoms with Crippen molar-refractivity contribution in [2.24, 2.45) is 0 Å². The molecule has 204 valence electrons. The molecule has 37 heavy (non-hydrogen) atoms. The quantitative estimate of drug-likeness (QED) is 0.140. The Morgan fingerprint density at radius 1 is 0.838 bits per heavy atom. The van der Waals surface area contributed by atoms with Crippen LogP contribution in [0.3, 0.4) is 0 Å². The lowest BCUT2D eigenvalue weighted by molar-refractivity contribution is 0.0979. The number of ether oxygens (including phenoxy) is 1. The summed E-state index contributed by atoms with van der Waals surface area (Å²) in [5.41, 5.74) is 4.88. The molecule has 2 rings (SSSR count). The minimum Gasteiger partial charge on any atom is -0.504 e. The Morgan fingerprint density at radius 2 is 1.41 bits per heavy atom. The van der Waals surface area contributed by atoms with Crippen LogP contribution in [0.4, 0.5) is 0 Å². The predicted octanol–water partition coefficient (Wildman–Crippen LogP) is 10.4. The van der Waals surface area contributed by atoms with Crippen LogP contribution in [0.25, 0.3) is 6.08 Å². The third kappa shape index (κ3) is 7.72. The molecule has 0 aromatic heterocycles. The molecule has 0 saturated carbocycles. The maximum absolute atomic E-state index is 13.7. The number of carbonyl (C=O) groups is 1. The molecule has 0 spiro atoms. The molecule has 3 atom stereocenters. The topological polar surface area (TPSA) is 46.5 Å². The molecule has 0 aliphatic heterocycles. The van der Waals surface area contributed by atoms with Crippen LogP contribution in [0.2, 0.25) is 0 Å². The van der Waals surface area contributed by atoms with E-state index in [1.165, 1.54) is 5.56 Å². The van der Waals surface area contributed by atoms with E-state index >= 15 is 0 Å². The standard InChI is InChI=1S/C34H50O3/c1-8-16-24(11-4)27-21-28(33(32(23-27)37-7)26(13-6)18-10-3)22-31(35)34(36)30-20-15-14-19-29(30)25(12-5)17-9-2/h14-15,19-26,35H,8-13,16-18H2,1-7H3/b31-22-. The van der Waals surface area contributed by atoms with Gasteiger partial charge in [0.25, 0.3) is 0 Å². The third-order valence-electron chi connectivity index (χ3n) is 7.86. The second kappa shape index (κ2) is 15.6. The molecule has 0 saturated heterocycles. The maximum Gasteiger partial charge on any atom is 0.227 e. The number of benzene rings is 2. The van der Waals surface area contributed by atoms with E-state index in [0.717, 1.165) is 80.2 Å². The zero-order valence-electron chi connectivity index (χ0n) is 24.4. The number of aliphatic hydroxyl groups is 1. The first-order chi connectivity index (χ1) is 17.9. The summed E-state index contributed by atoms with van der Waals surface area (Å²) in [6.45, 7) is 13.2. The molecule has 0 aliphatic carbocycles. The second-order valence-corrected chi connectivity index (χ2v) is 10.4. The fraction of sp³-hybridized carbons (Fsp3) is 0.559. The monoisotopic (exact) mass is 506 g/mol. The highest BCUT2D eigenvalue weighted by atomic mass is 16.5. The van der Waals surface area contributed by atoms with Crippen LogP contribution < -0.4 is 4.74 Å². The van der Waals surface area contributed by atoms with Gasteiger partial charge in [0.2, 0.25) is 5.78 Å². The van der Waals surface area contributed by atoms with Crippen molar-refractivity contribution in [1.82, 2.24) is 0 Å². The van der Waals surface area contributed by atoms with Crippen LogP contribution in [-0.2, 0) is 0 Å². The first-order valence-corrected chi connectivity index (χ1v) is 14.7. The summed E-state index contributed by atoms with van der Waals surface area (Å²) in [5, 5.41) is 11.3. The van der Waals surface area contributed by atoms with Crippen molar-refractivity contribution in [2.45, 2.75) is 117 Å². The van der Waals surface area contributed by atoms with Gasteiger partial charge in [-0.05, 0) is 85.1 Å². The van der Waals surface area contributed by atoms with E-state index < -0.39 is 0 Å². The van der Waals surface area contributed by atoms with Crippen molar-refractivity contribution in [3.8, 4) is 5.75 Å². The molecule has 0 bridgehead atoms. The van der Waals surface area contributed by atoms with Crippen LogP contribution in [0.5, 0.6) is 5.75 Å².